The van der Waals surface area contributed by atoms with E-state index >= 15 is 0 Å². The van der Waals surface area contributed by atoms with Crippen LogP contribution in [0, 0.1) is 11.6 Å². The Morgan fingerprint density at radius 3 is 2.64 bits per heavy atom. The predicted molar refractivity (Wildman–Crippen MR) is 47.4 cm³/mol. The van der Waals surface area contributed by atoms with Crippen LogP contribution >= 0.6 is 15.9 Å². The average molecular weight is 261 g/mol. The van der Waals surface area contributed by atoms with E-state index < -0.39 is 11.6 Å². The van der Waals surface area contributed by atoms with Crippen LogP contribution in [-0.2, 0) is 0 Å². The molecular weight excluding hydrogens is 258 g/mol. The number of rotatable bonds is 1. The maximum Gasteiger partial charge on any atom is 0.250 e. The van der Waals surface area contributed by atoms with Crippen LogP contribution in [0.1, 0.15) is 0 Å². The van der Waals surface area contributed by atoms with Gasteiger partial charge in [0.25, 0.3) is 0 Å². The lowest BCUT2D eigenvalue weighted by Gasteiger charge is -1.99. The molecule has 2 aromatic rings. The zero-order chi connectivity index (χ0) is 10.1. The van der Waals surface area contributed by atoms with E-state index in [9.17, 15) is 8.78 Å². The number of benzene rings is 1. The summed E-state index contributed by atoms with van der Waals surface area (Å²) in [5.41, 5.74) is -0.0526. The molecule has 0 aliphatic carbocycles. The molecular formula is C8H3BrF2N2O. The van der Waals surface area contributed by atoms with E-state index in [1.165, 1.54) is 0 Å². The molecule has 1 heterocycles. The first-order valence-corrected chi connectivity index (χ1v) is 4.39. The zero-order valence-corrected chi connectivity index (χ0v) is 8.25. The first-order valence-electron chi connectivity index (χ1n) is 3.59. The molecule has 1 aromatic heterocycles. The summed E-state index contributed by atoms with van der Waals surface area (Å²) in [5.74, 6) is -1.25. The lowest BCUT2D eigenvalue weighted by Crippen LogP contribution is -1.88. The van der Waals surface area contributed by atoms with Crippen molar-refractivity contribution < 1.29 is 13.2 Å². The Hall–Kier alpha value is -1.30. The van der Waals surface area contributed by atoms with Gasteiger partial charge in [-0.15, -0.1) is 10.2 Å². The molecule has 14 heavy (non-hydrogen) atoms. The summed E-state index contributed by atoms with van der Waals surface area (Å²) >= 11 is 2.86. The van der Waals surface area contributed by atoms with Crippen molar-refractivity contribution in [1.82, 2.24) is 10.2 Å². The van der Waals surface area contributed by atoms with E-state index in [-0.39, 0.29) is 15.9 Å². The molecule has 0 saturated carbocycles. The highest BCUT2D eigenvalue weighted by molar-refractivity contribution is 9.10. The summed E-state index contributed by atoms with van der Waals surface area (Å²) in [6, 6.07) is 2.00. The summed E-state index contributed by atoms with van der Waals surface area (Å²) < 4.78 is 31.1. The second-order valence-corrected chi connectivity index (χ2v) is 3.34. The molecule has 0 amide bonds. The van der Waals surface area contributed by atoms with Crippen molar-refractivity contribution in [3.05, 3.63) is 34.6 Å². The lowest BCUT2D eigenvalue weighted by molar-refractivity contribution is 0.552. The summed E-state index contributed by atoms with van der Waals surface area (Å²) in [6.45, 7) is 0. The number of nitrogens with zero attached hydrogens (tertiary/aromatic N) is 2. The van der Waals surface area contributed by atoms with Crippen molar-refractivity contribution in [3.8, 4) is 11.5 Å². The van der Waals surface area contributed by atoms with Gasteiger partial charge in [-0.05, 0) is 28.1 Å². The third kappa shape index (κ3) is 1.52. The van der Waals surface area contributed by atoms with Crippen LogP contribution in [-0.4, -0.2) is 10.2 Å². The SMILES string of the molecule is Fc1cc(-c2nnco2)c(F)cc1Br. The summed E-state index contributed by atoms with van der Waals surface area (Å²) in [7, 11) is 0. The molecule has 0 aliphatic rings. The molecule has 0 N–H and O–H groups in total. The van der Waals surface area contributed by atoms with E-state index in [1.807, 2.05) is 0 Å². The smallest absolute Gasteiger partial charge is 0.250 e. The normalized spacial score (nSPS) is 10.5. The van der Waals surface area contributed by atoms with Crippen molar-refractivity contribution >= 4 is 15.9 Å². The van der Waals surface area contributed by atoms with Crippen LogP contribution in [0.25, 0.3) is 11.5 Å². The van der Waals surface area contributed by atoms with E-state index in [0.717, 1.165) is 18.5 Å². The maximum absolute atomic E-state index is 13.3. The van der Waals surface area contributed by atoms with Crippen molar-refractivity contribution in [1.29, 1.82) is 0 Å². The Morgan fingerprint density at radius 2 is 2.00 bits per heavy atom. The van der Waals surface area contributed by atoms with E-state index in [2.05, 4.69) is 26.1 Å². The number of hydrogen-bond donors (Lipinski definition) is 0. The maximum atomic E-state index is 13.3. The van der Waals surface area contributed by atoms with Gasteiger partial charge in [0.15, 0.2) is 0 Å². The predicted octanol–water partition coefficient (Wildman–Crippen LogP) is 2.78. The van der Waals surface area contributed by atoms with Gasteiger partial charge in [0.2, 0.25) is 12.3 Å². The van der Waals surface area contributed by atoms with Crippen LogP contribution in [0.4, 0.5) is 8.78 Å². The molecule has 0 spiro atoms. The lowest BCUT2D eigenvalue weighted by atomic mass is 10.2. The highest BCUT2D eigenvalue weighted by Crippen LogP contribution is 2.26. The van der Waals surface area contributed by atoms with Gasteiger partial charge in [0.1, 0.15) is 11.6 Å². The van der Waals surface area contributed by atoms with Crippen molar-refractivity contribution in [2.24, 2.45) is 0 Å². The first kappa shape index (κ1) is 9.26. The zero-order valence-electron chi connectivity index (χ0n) is 6.67. The minimum Gasteiger partial charge on any atom is -0.423 e. The summed E-state index contributed by atoms with van der Waals surface area (Å²) in [6.07, 6.45) is 1.05. The Balaban J connectivity index is 2.60. The molecule has 2 rings (SSSR count). The molecule has 0 aliphatic heterocycles. The van der Waals surface area contributed by atoms with E-state index in [0.29, 0.717) is 0 Å². The fraction of sp³-hybridized carbons (Fsp3) is 0. The Bertz CT molecular complexity index is 459. The van der Waals surface area contributed by atoms with Gasteiger partial charge >= 0.3 is 0 Å². The van der Waals surface area contributed by atoms with Crippen molar-refractivity contribution in [3.63, 3.8) is 0 Å². The van der Waals surface area contributed by atoms with Crippen LogP contribution in [0.3, 0.4) is 0 Å². The van der Waals surface area contributed by atoms with Gasteiger partial charge < -0.3 is 4.42 Å². The monoisotopic (exact) mass is 260 g/mol. The van der Waals surface area contributed by atoms with Gasteiger partial charge in [0, 0.05) is 0 Å². The molecule has 0 bridgehead atoms. The third-order valence-corrected chi connectivity index (χ3v) is 2.21. The molecule has 0 atom stereocenters. The topological polar surface area (TPSA) is 38.9 Å². The molecule has 0 fully saturated rings. The van der Waals surface area contributed by atoms with Crippen LogP contribution in [0.2, 0.25) is 0 Å². The average Bonchev–Trinajstić information content (AvgIpc) is 2.64. The number of hydrogen-bond acceptors (Lipinski definition) is 3. The van der Waals surface area contributed by atoms with Crippen LogP contribution < -0.4 is 0 Å². The number of aromatic nitrogens is 2. The van der Waals surface area contributed by atoms with E-state index in [4.69, 9.17) is 4.42 Å². The van der Waals surface area contributed by atoms with Crippen LogP contribution in [0.15, 0.2) is 27.4 Å². The fourth-order valence-corrected chi connectivity index (χ4v) is 1.29. The van der Waals surface area contributed by atoms with Crippen molar-refractivity contribution in [2.75, 3.05) is 0 Å². The summed E-state index contributed by atoms with van der Waals surface area (Å²) in [5, 5.41) is 6.85. The molecule has 72 valence electrons. The van der Waals surface area contributed by atoms with Crippen LogP contribution in [0.5, 0.6) is 0 Å². The third-order valence-electron chi connectivity index (χ3n) is 1.60. The molecule has 6 heteroatoms. The van der Waals surface area contributed by atoms with Gasteiger partial charge in [-0.25, -0.2) is 8.78 Å². The second-order valence-electron chi connectivity index (χ2n) is 2.49. The van der Waals surface area contributed by atoms with E-state index in [1.54, 1.807) is 0 Å². The minimum absolute atomic E-state index is 0.0473. The standard InChI is InChI=1S/C8H3BrF2N2O/c9-5-2-6(10)4(1-7(5)11)8-13-12-3-14-8/h1-3H. The van der Waals surface area contributed by atoms with Crippen molar-refractivity contribution in [2.45, 2.75) is 0 Å². The number of halogens is 3. The second kappa shape index (κ2) is 3.45. The molecule has 0 unspecified atom stereocenters. The summed E-state index contributed by atoms with van der Waals surface area (Å²) in [4.78, 5) is 0. The molecule has 0 radical (unpaired) electrons. The Morgan fingerprint density at radius 1 is 1.21 bits per heavy atom. The van der Waals surface area contributed by atoms with Gasteiger partial charge in [0.05, 0.1) is 10.0 Å². The highest BCUT2D eigenvalue weighted by atomic mass is 79.9. The fourth-order valence-electron chi connectivity index (χ4n) is 0.977. The molecule has 1 aromatic carbocycles. The largest absolute Gasteiger partial charge is 0.423 e. The quantitative estimate of drug-likeness (QED) is 0.741. The first-order chi connectivity index (χ1) is 6.68. The van der Waals surface area contributed by atoms with Gasteiger partial charge in [-0.2, -0.15) is 0 Å². The minimum atomic E-state index is -0.623. The Labute approximate surface area is 85.9 Å². The highest BCUT2D eigenvalue weighted by Gasteiger charge is 2.13. The Kier molecular flexibility index (Phi) is 2.28. The molecule has 3 nitrogen and oxygen atoms in total. The van der Waals surface area contributed by atoms with Gasteiger partial charge in [-0.3, -0.25) is 0 Å². The van der Waals surface area contributed by atoms with Gasteiger partial charge in [-0.1, -0.05) is 0 Å². The molecule has 0 saturated heterocycles.